The fourth-order valence-corrected chi connectivity index (χ4v) is 1.20. The topological polar surface area (TPSA) is 45.0 Å². The van der Waals surface area contributed by atoms with Gasteiger partial charge in [0.05, 0.1) is 12.5 Å². The maximum atomic E-state index is 8.45. The number of para-hydroxylation sites is 1. The maximum absolute atomic E-state index is 8.45. The van der Waals surface area contributed by atoms with Gasteiger partial charge in [0.1, 0.15) is 12.4 Å². The fourth-order valence-electron chi connectivity index (χ4n) is 1.20. The quantitative estimate of drug-likeness (QED) is 0.720. The van der Waals surface area contributed by atoms with Crippen molar-refractivity contribution in [1.82, 2.24) is 5.32 Å². The Kier molecular flexibility index (Phi) is 5.28. The van der Waals surface area contributed by atoms with Crippen molar-refractivity contribution >= 4 is 0 Å². The zero-order valence-electron chi connectivity index (χ0n) is 8.94. The summed E-state index contributed by atoms with van der Waals surface area (Å²) in [4.78, 5) is 0. The molecule has 0 amide bonds. The maximum Gasteiger partial charge on any atom is 0.119 e. The van der Waals surface area contributed by atoms with Crippen LogP contribution < -0.4 is 10.1 Å². The molecule has 1 aromatic carbocycles. The molecule has 0 aromatic heterocycles. The third kappa shape index (κ3) is 5.04. The molecule has 80 valence electrons. The van der Waals surface area contributed by atoms with Gasteiger partial charge in [-0.3, -0.25) is 0 Å². The smallest absolute Gasteiger partial charge is 0.119 e. The van der Waals surface area contributed by atoms with Crippen LogP contribution >= 0.6 is 0 Å². The van der Waals surface area contributed by atoms with Gasteiger partial charge in [0.2, 0.25) is 0 Å². The van der Waals surface area contributed by atoms with Crippen molar-refractivity contribution in [2.24, 2.45) is 0 Å². The average Bonchev–Trinajstić information content (AvgIpc) is 2.26. The molecule has 15 heavy (non-hydrogen) atoms. The van der Waals surface area contributed by atoms with Gasteiger partial charge in [0, 0.05) is 12.6 Å². The first-order valence-corrected chi connectivity index (χ1v) is 5.11. The summed E-state index contributed by atoms with van der Waals surface area (Å²) >= 11 is 0. The highest BCUT2D eigenvalue weighted by atomic mass is 16.5. The lowest BCUT2D eigenvalue weighted by Crippen LogP contribution is -2.29. The van der Waals surface area contributed by atoms with E-state index in [1.807, 2.05) is 37.3 Å². The van der Waals surface area contributed by atoms with Crippen LogP contribution in [0.25, 0.3) is 0 Å². The molecule has 0 aliphatic carbocycles. The Bertz CT molecular complexity index is 305. The summed E-state index contributed by atoms with van der Waals surface area (Å²) < 4.78 is 5.49. The molecule has 1 unspecified atom stereocenters. The van der Waals surface area contributed by atoms with Crippen molar-refractivity contribution < 1.29 is 4.74 Å². The average molecular weight is 204 g/mol. The summed E-state index contributed by atoms with van der Waals surface area (Å²) in [6, 6.07) is 12.1. The highest BCUT2D eigenvalue weighted by Gasteiger charge is 1.98. The molecule has 1 aromatic rings. The second-order valence-electron chi connectivity index (χ2n) is 3.38. The minimum atomic E-state index is 0.231. The molecule has 0 radical (unpaired) electrons. The summed E-state index contributed by atoms with van der Waals surface area (Å²) in [5.41, 5.74) is 0. The molecule has 1 rings (SSSR count). The van der Waals surface area contributed by atoms with E-state index in [4.69, 9.17) is 10.00 Å². The van der Waals surface area contributed by atoms with E-state index in [1.165, 1.54) is 0 Å². The minimum absolute atomic E-state index is 0.231. The Hall–Kier alpha value is -1.53. The Labute approximate surface area is 90.7 Å². The van der Waals surface area contributed by atoms with Gasteiger partial charge in [-0.05, 0) is 19.1 Å². The molecule has 1 atom stereocenters. The molecule has 0 spiro atoms. The molecule has 0 aliphatic rings. The lowest BCUT2D eigenvalue weighted by Gasteiger charge is -2.10. The molecular formula is C12H16N2O. The van der Waals surface area contributed by atoms with Gasteiger partial charge in [-0.15, -0.1) is 0 Å². The molecule has 0 heterocycles. The second-order valence-corrected chi connectivity index (χ2v) is 3.38. The Balaban J connectivity index is 2.10. The summed E-state index contributed by atoms with van der Waals surface area (Å²) in [6.45, 7) is 3.38. The van der Waals surface area contributed by atoms with Gasteiger partial charge in [0.15, 0.2) is 0 Å². The zero-order valence-corrected chi connectivity index (χ0v) is 8.94. The molecule has 0 fully saturated rings. The normalized spacial score (nSPS) is 11.7. The van der Waals surface area contributed by atoms with Crippen LogP contribution in [-0.2, 0) is 0 Å². The van der Waals surface area contributed by atoms with Crippen molar-refractivity contribution in [1.29, 1.82) is 5.26 Å². The van der Waals surface area contributed by atoms with Crippen LogP contribution in [0, 0.1) is 11.3 Å². The van der Waals surface area contributed by atoms with E-state index in [-0.39, 0.29) is 6.04 Å². The highest BCUT2D eigenvalue weighted by molar-refractivity contribution is 5.20. The number of hydrogen-bond donors (Lipinski definition) is 1. The fraction of sp³-hybridized carbons (Fsp3) is 0.417. The summed E-state index contributed by atoms with van der Waals surface area (Å²) in [5.74, 6) is 0.882. The second kappa shape index (κ2) is 6.86. The van der Waals surface area contributed by atoms with Gasteiger partial charge in [-0.25, -0.2) is 0 Å². The van der Waals surface area contributed by atoms with Crippen LogP contribution in [0.1, 0.15) is 13.3 Å². The SMILES string of the molecule is CC(CC#N)NCCOc1ccccc1. The Morgan fingerprint density at radius 2 is 2.13 bits per heavy atom. The lowest BCUT2D eigenvalue weighted by atomic mass is 10.2. The van der Waals surface area contributed by atoms with Gasteiger partial charge in [-0.2, -0.15) is 5.26 Å². The largest absolute Gasteiger partial charge is 0.492 e. The number of ether oxygens (including phenoxy) is 1. The van der Waals surface area contributed by atoms with Crippen molar-refractivity contribution in [2.45, 2.75) is 19.4 Å². The van der Waals surface area contributed by atoms with Gasteiger partial charge < -0.3 is 10.1 Å². The summed E-state index contributed by atoms with van der Waals surface area (Å²) in [5, 5.41) is 11.7. The van der Waals surface area contributed by atoms with Gasteiger partial charge in [0.25, 0.3) is 0 Å². The van der Waals surface area contributed by atoms with E-state index in [9.17, 15) is 0 Å². The van der Waals surface area contributed by atoms with Gasteiger partial charge >= 0.3 is 0 Å². The minimum Gasteiger partial charge on any atom is -0.492 e. The molecule has 0 aliphatic heterocycles. The van der Waals surface area contributed by atoms with Crippen molar-refractivity contribution in [3.05, 3.63) is 30.3 Å². The van der Waals surface area contributed by atoms with E-state index >= 15 is 0 Å². The number of rotatable bonds is 6. The van der Waals surface area contributed by atoms with E-state index in [2.05, 4.69) is 11.4 Å². The first-order chi connectivity index (χ1) is 7.33. The molecule has 0 saturated carbocycles. The van der Waals surface area contributed by atoms with Gasteiger partial charge in [-0.1, -0.05) is 18.2 Å². The number of hydrogen-bond acceptors (Lipinski definition) is 3. The zero-order chi connectivity index (χ0) is 10.9. The first-order valence-electron chi connectivity index (χ1n) is 5.11. The van der Waals surface area contributed by atoms with Crippen LogP contribution in [-0.4, -0.2) is 19.2 Å². The van der Waals surface area contributed by atoms with Crippen LogP contribution in [0.15, 0.2) is 30.3 Å². The molecular weight excluding hydrogens is 188 g/mol. The Morgan fingerprint density at radius 1 is 1.40 bits per heavy atom. The monoisotopic (exact) mass is 204 g/mol. The van der Waals surface area contributed by atoms with E-state index < -0.39 is 0 Å². The van der Waals surface area contributed by atoms with Crippen LogP contribution in [0.5, 0.6) is 5.75 Å². The number of nitrogens with zero attached hydrogens (tertiary/aromatic N) is 1. The van der Waals surface area contributed by atoms with Crippen molar-refractivity contribution in [3.63, 3.8) is 0 Å². The molecule has 3 nitrogen and oxygen atoms in total. The van der Waals surface area contributed by atoms with Crippen molar-refractivity contribution in [2.75, 3.05) is 13.2 Å². The summed E-state index contributed by atoms with van der Waals surface area (Å²) in [6.07, 6.45) is 0.533. The number of benzene rings is 1. The molecule has 3 heteroatoms. The predicted octanol–water partition coefficient (Wildman–Crippen LogP) is 1.96. The molecule has 0 bridgehead atoms. The standard InChI is InChI=1S/C12H16N2O/c1-11(7-8-13)14-9-10-15-12-5-3-2-4-6-12/h2-6,11,14H,7,9-10H2,1H3. The predicted molar refractivity (Wildman–Crippen MR) is 59.6 cm³/mol. The number of nitriles is 1. The first kappa shape index (κ1) is 11.5. The third-order valence-corrected chi connectivity index (χ3v) is 2.00. The van der Waals surface area contributed by atoms with Crippen LogP contribution in [0.2, 0.25) is 0 Å². The summed E-state index contributed by atoms with van der Waals surface area (Å²) in [7, 11) is 0. The molecule has 0 saturated heterocycles. The lowest BCUT2D eigenvalue weighted by molar-refractivity contribution is 0.307. The van der Waals surface area contributed by atoms with E-state index in [1.54, 1.807) is 0 Å². The third-order valence-electron chi connectivity index (χ3n) is 2.00. The van der Waals surface area contributed by atoms with Crippen LogP contribution in [0.4, 0.5) is 0 Å². The van der Waals surface area contributed by atoms with E-state index in [0.717, 1.165) is 12.3 Å². The van der Waals surface area contributed by atoms with E-state index in [0.29, 0.717) is 13.0 Å². The molecule has 1 N–H and O–H groups in total. The number of nitrogens with one attached hydrogen (secondary N) is 1. The Morgan fingerprint density at radius 3 is 2.80 bits per heavy atom. The van der Waals surface area contributed by atoms with Crippen LogP contribution in [0.3, 0.4) is 0 Å². The van der Waals surface area contributed by atoms with Crippen molar-refractivity contribution in [3.8, 4) is 11.8 Å². The highest BCUT2D eigenvalue weighted by Crippen LogP contribution is 2.07.